The third kappa shape index (κ3) is 3.36. The zero-order valence-corrected chi connectivity index (χ0v) is 14.6. The summed E-state index contributed by atoms with van der Waals surface area (Å²) in [6.07, 6.45) is 3.45. The minimum atomic E-state index is 0.0781. The Bertz CT molecular complexity index is 931. The van der Waals surface area contributed by atoms with Crippen LogP contribution in [0.2, 0.25) is 0 Å². The van der Waals surface area contributed by atoms with E-state index in [2.05, 4.69) is 48.9 Å². The van der Waals surface area contributed by atoms with Crippen molar-refractivity contribution in [2.45, 2.75) is 26.2 Å². The highest BCUT2D eigenvalue weighted by Crippen LogP contribution is 2.32. The zero-order valence-electron chi connectivity index (χ0n) is 14.6. The van der Waals surface area contributed by atoms with E-state index in [1.165, 1.54) is 5.56 Å². The summed E-state index contributed by atoms with van der Waals surface area (Å²) >= 11 is 0. The molecular formula is C21H20N4. The van der Waals surface area contributed by atoms with Crippen molar-refractivity contribution in [3.63, 3.8) is 0 Å². The number of rotatable bonds is 2. The van der Waals surface area contributed by atoms with Crippen molar-refractivity contribution in [2.24, 2.45) is 0 Å². The Kier molecular flexibility index (Phi) is 4.24. The molecule has 124 valence electrons. The third-order valence-corrected chi connectivity index (χ3v) is 4.18. The summed E-state index contributed by atoms with van der Waals surface area (Å²) in [7, 11) is 0. The van der Waals surface area contributed by atoms with Gasteiger partial charge >= 0.3 is 0 Å². The molecule has 0 radical (unpaired) electrons. The maximum atomic E-state index is 9.52. The van der Waals surface area contributed by atoms with Crippen LogP contribution < -0.4 is 5.73 Å². The number of nitrogen functional groups attached to an aromatic ring is 1. The molecule has 3 rings (SSSR count). The molecule has 0 bridgehead atoms. The first kappa shape index (κ1) is 16.7. The average Bonchev–Trinajstić information content (AvgIpc) is 2.61. The average molecular weight is 328 g/mol. The van der Waals surface area contributed by atoms with Gasteiger partial charge in [-0.3, -0.25) is 4.98 Å². The maximum Gasteiger partial charge on any atom is 0.142 e. The number of pyridine rings is 2. The van der Waals surface area contributed by atoms with Gasteiger partial charge in [-0.15, -0.1) is 0 Å². The first-order valence-electron chi connectivity index (χ1n) is 8.12. The molecule has 0 atom stereocenters. The number of hydrogen-bond acceptors (Lipinski definition) is 4. The largest absolute Gasteiger partial charge is 0.383 e. The molecule has 4 heteroatoms. The van der Waals surface area contributed by atoms with Crippen molar-refractivity contribution >= 4 is 5.82 Å². The summed E-state index contributed by atoms with van der Waals surface area (Å²) in [5.74, 6) is 0.235. The van der Waals surface area contributed by atoms with E-state index in [0.29, 0.717) is 11.3 Å². The number of aromatic nitrogens is 2. The first-order valence-corrected chi connectivity index (χ1v) is 8.12. The Morgan fingerprint density at radius 2 is 1.76 bits per heavy atom. The second kappa shape index (κ2) is 6.37. The molecule has 0 spiro atoms. The minimum Gasteiger partial charge on any atom is -0.383 e. The van der Waals surface area contributed by atoms with E-state index in [9.17, 15) is 5.26 Å². The monoisotopic (exact) mass is 328 g/mol. The Morgan fingerprint density at radius 1 is 1.04 bits per heavy atom. The van der Waals surface area contributed by atoms with Crippen LogP contribution in [0.4, 0.5) is 5.82 Å². The van der Waals surface area contributed by atoms with E-state index < -0.39 is 0 Å². The molecule has 0 aliphatic rings. The van der Waals surface area contributed by atoms with E-state index in [-0.39, 0.29) is 11.2 Å². The van der Waals surface area contributed by atoms with Gasteiger partial charge < -0.3 is 5.73 Å². The lowest BCUT2D eigenvalue weighted by molar-refractivity contribution is 0.590. The Morgan fingerprint density at radius 3 is 2.32 bits per heavy atom. The van der Waals surface area contributed by atoms with Crippen LogP contribution in [-0.2, 0) is 5.41 Å². The Labute approximate surface area is 148 Å². The van der Waals surface area contributed by atoms with Crippen molar-refractivity contribution in [3.05, 3.63) is 66.0 Å². The van der Waals surface area contributed by atoms with Crippen molar-refractivity contribution in [1.82, 2.24) is 9.97 Å². The van der Waals surface area contributed by atoms with Gasteiger partial charge in [0.15, 0.2) is 0 Å². The quantitative estimate of drug-likeness (QED) is 0.748. The van der Waals surface area contributed by atoms with Crippen LogP contribution in [0.3, 0.4) is 0 Å². The fourth-order valence-electron chi connectivity index (χ4n) is 2.72. The molecular weight excluding hydrogens is 308 g/mol. The number of nitrogens with zero attached hydrogens (tertiary/aromatic N) is 3. The molecule has 0 amide bonds. The predicted molar refractivity (Wildman–Crippen MR) is 101 cm³/mol. The summed E-state index contributed by atoms with van der Waals surface area (Å²) in [4.78, 5) is 8.50. The van der Waals surface area contributed by atoms with Crippen LogP contribution >= 0.6 is 0 Å². The van der Waals surface area contributed by atoms with Gasteiger partial charge in [0.1, 0.15) is 17.5 Å². The van der Waals surface area contributed by atoms with Gasteiger partial charge in [-0.05, 0) is 34.7 Å². The Balaban J connectivity index is 2.15. The third-order valence-electron chi connectivity index (χ3n) is 4.18. The molecule has 2 heterocycles. The molecule has 1 aromatic carbocycles. The molecule has 0 unspecified atom stereocenters. The molecule has 2 aromatic heterocycles. The highest BCUT2D eigenvalue weighted by molar-refractivity contribution is 5.80. The molecule has 0 aliphatic carbocycles. The van der Waals surface area contributed by atoms with Crippen molar-refractivity contribution in [2.75, 3.05) is 5.73 Å². The van der Waals surface area contributed by atoms with E-state index in [1.54, 1.807) is 12.4 Å². The standard InChI is InChI=1S/C21H20N4/c1-21(2,3)16-8-6-14(7-9-16)17-11-19(15-5-4-10-24-13-15)25-20(23)18(17)12-22/h4-11,13H,1-3H3,(H2,23,25). The van der Waals surface area contributed by atoms with Gasteiger partial charge in [0.25, 0.3) is 0 Å². The minimum absolute atomic E-state index is 0.0781. The van der Waals surface area contributed by atoms with Crippen molar-refractivity contribution < 1.29 is 0 Å². The predicted octanol–water partition coefficient (Wildman–Crippen LogP) is 4.56. The highest BCUT2D eigenvalue weighted by Gasteiger charge is 2.16. The van der Waals surface area contributed by atoms with Gasteiger partial charge in [0, 0.05) is 23.5 Å². The topological polar surface area (TPSA) is 75.6 Å². The zero-order chi connectivity index (χ0) is 18.0. The second-order valence-corrected chi connectivity index (χ2v) is 7.00. The van der Waals surface area contributed by atoms with Crippen molar-refractivity contribution in [1.29, 1.82) is 5.26 Å². The van der Waals surface area contributed by atoms with E-state index in [1.807, 2.05) is 30.3 Å². The van der Waals surface area contributed by atoms with E-state index >= 15 is 0 Å². The number of nitrogens with two attached hydrogens (primary N) is 1. The summed E-state index contributed by atoms with van der Waals surface area (Å²) in [5.41, 5.74) is 11.1. The summed E-state index contributed by atoms with van der Waals surface area (Å²) < 4.78 is 0. The normalized spacial score (nSPS) is 11.1. The van der Waals surface area contributed by atoms with Crippen LogP contribution in [0.1, 0.15) is 31.9 Å². The van der Waals surface area contributed by atoms with Crippen LogP contribution in [0.5, 0.6) is 0 Å². The molecule has 25 heavy (non-hydrogen) atoms. The molecule has 0 aliphatic heterocycles. The lowest BCUT2D eigenvalue weighted by atomic mass is 9.86. The summed E-state index contributed by atoms with van der Waals surface area (Å²) in [6, 6.07) is 16.1. The summed E-state index contributed by atoms with van der Waals surface area (Å²) in [5, 5.41) is 9.52. The molecule has 2 N–H and O–H groups in total. The van der Waals surface area contributed by atoms with Crippen molar-refractivity contribution in [3.8, 4) is 28.5 Å². The fourth-order valence-corrected chi connectivity index (χ4v) is 2.72. The maximum absolute atomic E-state index is 9.52. The molecule has 0 saturated carbocycles. The number of anilines is 1. The van der Waals surface area contributed by atoms with Gasteiger partial charge in [-0.1, -0.05) is 45.0 Å². The van der Waals surface area contributed by atoms with Crippen LogP contribution in [0.25, 0.3) is 22.4 Å². The van der Waals surface area contributed by atoms with Gasteiger partial charge in [0.2, 0.25) is 0 Å². The van der Waals surface area contributed by atoms with E-state index in [4.69, 9.17) is 5.73 Å². The van der Waals surface area contributed by atoms with Crippen LogP contribution in [-0.4, -0.2) is 9.97 Å². The first-order chi connectivity index (χ1) is 11.9. The lowest BCUT2D eigenvalue weighted by Crippen LogP contribution is -2.10. The molecule has 3 aromatic rings. The van der Waals surface area contributed by atoms with E-state index in [0.717, 1.165) is 16.7 Å². The number of hydrogen-bond donors (Lipinski definition) is 1. The summed E-state index contributed by atoms with van der Waals surface area (Å²) in [6.45, 7) is 6.52. The Hall–Kier alpha value is -3.19. The molecule has 4 nitrogen and oxygen atoms in total. The van der Waals surface area contributed by atoms with Gasteiger partial charge in [0.05, 0.1) is 5.69 Å². The van der Waals surface area contributed by atoms with Gasteiger partial charge in [-0.25, -0.2) is 4.98 Å². The van der Waals surface area contributed by atoms with Crippen LogP contribution in [0, 0.1) is 11.3 Å². The van der Waals surface area contributed by atoms with Crippen LogP contribution in [0.15, 0.2) is 54.9 Å². The molecule has 0 saturated heterocycles. The molecule has 0 fully saturated rings. The number of benzene rings is 1. The SMILES string of the molecule is CC(C)(C)c1ccc(-c2cc(-c3cccnc3)nc(N)c2C#N)cc1. The van der Waals surface area contributed by atoms with Gasteiger partial charge in [-0.2, -0.15) is 5.26 Å². The number of nitriles is 1. The fraction of sp³-hybridized carbons (Fsp3) is 0.190. The smallest absolute Gasteiger partial charge is 0.142 e. The highest BCUT2D eigenvalue weighted by atomic mass is 14.8. The lowest BCUT2D eigenvalue weighted by Gasteiger charge is -2.19. The second-order valence-electron chi connectivity index (χ2n) is 7.00.